The van der Waals surface area contributed by atoms with Crippen molar-refractivity contribution in [2.45, 2.75) is 178 Å². The number of alkyl halides is 2. The summed E-state index contributed by atoms with van der Waals surface area (Å²) >= 11 is 6.39. The molecule has 0 radical (unpaired) electrons. The van der Waals surface area contributed by atoms with Gasteiger partial charge in [-0.1, -0.05) is 213 Å². The SMILES string of the molecule is CC(C)(C)OC(=O)CBr.CF.Cc1ccc(-c2ccc3c(c2)CCC(=O)N3)cc1.Cc1ccc(-c2ccc3c(c2)CCC(=O)N3CC(=O)O)cc1.Cc1ccc(-c2ccc3c(c2)CCC(=O)N3CC(=O)OC(C)(C)C)cc1.Cc1ccc(-c2ccc3c(c2)CCC(=O)N3CC(=O)[O-])cc1.Cc1ccc(B(O)O)cc1.O=C1CCc2cc(Br)ccc2N1.OC1CCCO1.[2H]C.[Na+]. The van der Waals surface area contributed by atoms with Crippen molar-refractivity contribution < 1.29 is 118 Å². The molecule has 0 bridgehead atoms. The normalized spacial score (nSPS) is 14.2. The van der Waals surface area contributed by atoms with E-state index in [-0.39, 0.29) is 95.1 Å². The van der Waals surface area contributed by atoms with E-state index in [4.69, 9.17) is 35.8 Å². The third kappa shape index (κ3) is 34.6. The van der Waals surface area contributed by atoms with Gasteiger partial charge in [-0.15, -0.1) is 0 Å². The molecule has 5 amide bonds. The molecule has 6 aliphatic rings. The van der Waals surface area contributed by atoms with Gasteiger partial charge >= 0.3 is 54.6 Å². The van der Waals surface area contributed by atoms with Gasteiger partial charge < -0.3 is 69.7 Å². The fourth-order valence-corrected chi connectivity index (χ4v) is 14.6. The van der Waals surface area contributed by atoms with Crippen LogP contribution in [0.5, 0.6) is 0 Å². The summed E-state index contributed by atoms with van der Waals surface area (Å²) in [7, 11) is 0.403. The molecule has 16 rings (SSSR count). The predicted molar refractivity (Wildman–Crippen MR) is 511 cm³/mol. The molecule has 0 aliphatic carbocycles. The van der Waals surface area contributed by atoms with Gasteiger partial charge in [-0.05, 0) is 259 Å². The van der Waals surface area contributed by atoms with Crippen LogP contribution in [0.4, 0.5) is 32.8 Å². The number of aryl methyl sites for hydroxylation is 10. The van der Waals surface area contributed by atoms with Crippen LogP contribution in [-0.4, -0.2) is 137 Å². The minimum absolute atomic E-state index is 0. The molecule has 1 fully saturated rings. The maximum Gasteiger partial charge on any atom is 1.00 e. The number of nitrogens with zero attached hydrogens (tertiary/aromatic N) is 3. The zero-order valence-electron chi connectivity index (χ0n) is 77.0. The summed E-state index contributed by atoms with van der Waals surface area (Å²) in [6.45, 7) is 21.2. The van der Waals surface area contributed by atoms with Crippen molar-refractivity contribution in [3.63, 3.8) is 0 Å². The third-order valence-corrected chi connectivity index (χ3v) is 21.4. The quantitative estimate of drug-likeness (QED) is 0.0376. The average Bonchev–Trinajstić information content (AvgIpc) is 0.858. The van der Waals surface area contributed by atoms with Gasteiger partial charge in [0, 0.05) is 79.4 Å². The van der Waals surface area contributed by atoms with Gasteiger partial charge in [0.05, 0.1) is 19.7 Å². The van der Waals surface area contributed by atoms with Crippen molar-refractivity contribution >= 4 is 126 Å². The molecular formula is C102H116BBr2FN5NaO17. The van der Waals surface area contributed by atoms with Crippen molar-refractivity contribution in [1.29, 1.82) is 0 Å². The molecule has 6 heterocycles. The Bertz CT molecular complexity index is 5330. The van der Waals surface area contributed by atoms with Crippen molar-refractivity contribution in [3.8, 4) is 44.5 Å². The van der Waals surface area contributed by atoms with Crippen LogP contribution in [0.25, 0.3) is 44.5 Å². The summed E-state index contributed by atoms with van der Waals surface area (Å²) in [6.07, 6.45) is 7.34. The number of rotatable bonds is 12. The number of carboxylic acids is 2. The van der Waals surface area contributed by atoms with Gasteiger partial charge in [-0.2, -0.15) is 0 Å². The number of fused-ring (bicyclic) bond motifs is 5. The maximum absolute atomic E-state index is 12.4. The molecule has 1 atom stereocenters. The Morgan fingerprint density at radius 1 is 0.465 bits per heavy atom. The van der Waals surface area contributed by atoms with Crippen LogP contribution in [0.2, 0.25) is 0 Å². The van der Waals surface area contributed by atoms with E-state index in [1.54, 1.807) is 17.0 Å². The van der Waals surface area contributed by atoms with Crippen molar-refractivity contribution in [1.82, 2.24) is 0 Å². The van der Waals surface area contributed by atoms with Crippen LogP contribution < -0.4 is 65.5 Å². The molecule has 0 spiro atoms. The first-order chi connectivity index (χ1) is 61.3. The van der Waals surface area contributed by atoms with Crippen LogP contribution in [0.1, 0.15) is 151 Å². The largest absolute Gasteiger partial charge is 1.00 e. The first-order valence-electron chi connectivity index (χ1n) is 42.9. The Labute approximate surface area is 797 Å². The summed E-state index contributed by atoms with van der Waals surface area (Å²) in [4.78, 5) is 107. The zero-order valence-corrected chi connectivity index (χ0v) is 81.1. The smallest absolute Gasteiger partial charge is 0.548 e. The molecule has 22 nitrogen and oxygen atoms in total. The van der Waals surface area contributed by atoms with Gasteiger partial charge in [0.25, 0.3) is 0 Å². The first-order valence-corrected chi connectivity index (χ1v) is 43.9. The van der Waals surface area contributed by atoms with E-state index in [1.807, 2.05) is 135 Å². The van der Waals surface area contributed by atoms with Gasteiger partial charge in [-0.25, -0.2) is 0 Å². The Morgan fingerprint density at radius 2 is 0.775 bits per heavy atom. The maximum atomic E-state index is 12.4. The number of carbonyl (C=O) groups is 9. The van der Waals surface area contributed by atoms with E-state index in [1.165, 1.54) is 61.7 Å². The molecule has 0 aromatic heterocycles. The number of anilines is 5. The summed E-state index contributed by atoms with van der Waals surface area (Å²) in [6, 6.07) is 70.3. The number of ether oxygens (including phenoxy) is 3. The molecule has 0 saturated carbocycles. The minimum Gasteiger partial charge on any atom is -0.548 e. The van der Waals surface area contributed by atoms with Crippen LogP contribution in [0.3, 0.4) is 0 Å². The molecule has 1 saturated heterocycles. The predicted octanol–water partition coefficient (Wildman–Crippen LogP) is 14.6. The number of nitrogens with one attached hydrogen (secondary N) is 2. The van der Waals surface area contributed by atoms with Crippen LogP contribution in [0, 0.1) is 34.6 Å². The van der Waals surface area contributed by atoms with E-state index in [2.05, 4.69) is 184 Å². The topological polar surface area (TPSA) is 319 Å². The van der Waals surface area contributed by atoms with Gasteiger partial charge in [0.1, 0.15) is 29.6 Å². The Balaban J connectivity index is 0.000000234. The Kier molecular flexibility index (Phi) is 42.1. The van der Waals surface area contributed by atoms with E-state index in [9.17, 15) is 52.6 Å². The van der Waals surface area contributed by atoms with Gasteiger partial charge in [0.15, 0.2) is 6.29 Å². The number of hydrogen-bond acceptors (Lipinski definition) is 16. The average molecular weight is 1900 g/mol. The number of halogens is 3. The number of hydrogen-bond donors (Lipinski definition) is 6. The number of amides is 5. The number of aliphatic hydroxyl groups is 1. The minimum atomic E-state index is -1.35. The molecule has 10 aromatic carbocycles. The molecule has 6 N–H and O–H groups in total. The van der Waals surface area contributed by atoms with Crippen molar-refractivity contribution in [2.24, 2.45) is 0 Å². The second-order valence-corrected chi connectivity index (χ2v) is 34.5. The summed E-state index contributed by atoms with van der Waals surface area (Å²) < 4.78 is 31.3. The number of benzene rings is 10. The van der Waals surface area contributed by atoms with E-state index in [0.29, 0.717) is 69.7 Å². The van der Waals surface area contributed by atoms with Gasteiger partial charge in [0.2, 0.25) is 29.5 Å². The van der Waals surface area contributed by atoms with Crippen LogP contribution >= 0.6 is 31.9 Å². The number of aliphatic carboxylic acids is 2. The molecule has 6 aliphatic heterocycles. The number of carbonyl (C=O) groups excluding carboxylic acids is 8. The van der Waals surface area contributed by atoms with Crippen molar-refractivity contribution in [3.05, 3.63) is 272 Å². The fraction of sp³-hybridized carbons (Fsp3) is 0.324. The Hall–Kier alpha value is -10.8. The summed E-state index contributed by atoms with van der Waals surface area (Å²) in [5.41, 5.74) is 24.4. The molecule has 1 unspecified atom stereocenters. The van der Waals surface area contributed by atoms with E-state index < -0.39 is 37.5 Å². The third-order valence-electron chi connectivity index (χ3n) is 20.4. The molecular weight excluding hydrogens is 1780 g/mol. The van der Waals surface area contributed by atoms with Gasteiger partial charge in [-0.3, -0.25) is 42.7 Å². The molecule has 10 aromatic rings. The molecule has 676 valence electrons. The first kappa shape index (κ1) is 105. The number of esters is 2. The van der Waals surface area contributed by atoms with E-state index in [0.717, 1.165) is 115 Å². The second kappa shape index (κ2) is 51.6. The Morgan fingerprint density at radius 3 is 1.09 bits per heavy atom. The second-order valence-electron chi connectivity index (χ2n) is 33.0. The number of carboxylic acid groups (broad SMARTS) is 2. The molecule has 27 heteroatoms. The summed E-state index contributed by atoms with van der Waals surface area (Å²) in [5, 5.41) is 51.7. The van der Waals surface area contributed by atoms with Crippen LogP contribution in [-0.2, 0) is 89.5 Å². The van der Waals surface area contributed by atoms with E-state index >= 15 is 0 Å². The zero-order chi connectivity index (χ0) is 94.8. The summed E-state index contributed by atoms with van der Waals surface area (Å²) in [5.74, 6) is -2.95. The van der Waals surface area contributed by atoms with Crippen molar-refractivity contribution in [2.75, 3.05) is 64.1 Å². The molecule has 129 heavy (non-hydrogen) atoms. The number of aliphatic hydroxyl groups excluding tert-OH is 1. The standard InChI is InChI=1S/C22H25NO3.2C18H17NO3.C16H15NO.C9H8BrNO.C7H9BO2.C6H11BrO2.C4H8O2.CH3F.CH4.Na/c1-15-5-7-16(8-6-15)17-9-11-19-18(13-17)10-12-20(24)23(19)14-21(25)26-22(2,3)4;2*1-12-2-4-13(5-3-12)14-6-8-16-15(10-14)7-9-17(20)19(16)11-18(21)22;1-11-2-4-12(5-3-11)13-6-8-15-14(10-13)7-9-16(18)17-15;10-7-2-3-8-6(5-7)1-4-9(12)11-8;1-6-2-4-7(5-3-6)8(9)10;1-6(2,3)9-5(8)4-7;5-4-2-1-3-6-4;1-2;;/h5-9,11,13H,10,12,14H2,1-4H3;2*2-6,8,10H,7,9,11H2,1H3,(H,21,22);2-6,8,10H,7,9H2,1H3,(H,17,18);2-3,5H,1,4H2,(H,11,12);2-5,9-10H,1H3;4H2,1-3H3;4-5H,1-3H2;1H3;1H4;/q;;;;;;;;;;+1/p-1/i;;;;;;;;;1D;. The van der Waals surface area contributed by atoms with Crippen LogP contribution in [0.15, 0.2) is 217 Å². The monoisotopic (exact) mass is 1890 g/mol. The fourth-order valence-electron chi connectivity index (χ4n) is 14.1.